The lowest BCUT2D eigenvalue weighted by atomic mass is 10.3. The minimum Gasteiger partial charge on any atom is -0.337 e. The fourth-order valence-corrected chi connectivity index (χ4v) is 5.67. The Morgan fingerprint density at radius 1 is 1.00 bits per heavy atom. The zero-order valence-corrected chi connectivity index (χ0v) is 17.4. The van der Waals surface area contributed by atoms with E-state index in [-0.39, 0.29) is 18.0 Å². The minimum atomic E-state index is -3.88. The summed E-state index contributed by atoms with van der Waals surface area (Å²) in [6, 6.07) is 11.3. The molecule has 0 bridgehead atoms. The maximum Gasteiger partial charge on any atom is 0.254 e. The van der Waals surface area contributed by atoms with Gasteiger partial charge >= 0.3 is 0 Å². The predicted octanol–water partition coefficient (Wildman–Crippen LogP) is 2.50. The molecular weight excluding hydrogens is 427 g/mol. The van der Waals surface area contributed by atoms with Gasteiger partial charge in [0, 0.05) is 32.4 Å². The maximum atomic E-state index is 14.0. The van der Waals surface area contributed by atoms with Crippen LogP contribution in [0.25, 0.3) is 16.3 Å². The number of nitrogens with zero attached hydrogens (tertiary/aromatic N) is 6. The van der Waals surface area contributed by atoms with Gasteiger partial charge in [-0.05, 0) is 29.6 Å². The standard InChI is InChI=1S/C19H17FN6O2S2/c20-14-4-1-2-6-17(14)30(27,28)25-11-9-24(10-12-25)19-22-18-21-8-7-15(26(18)23-19)16-5-3-13-29-16/h1-8,13H,9-12H2. The molecule has 1 aliphatic heterocycles. The van der Waals surface area contributed by atoms with Gasteiger partial charge in [-0.15, -0.1) is 16.4 Å². The van der Waals surface area contributed by atoms with Crippen molar-refractivity contribution in [3.05, 3.63) is 59.9 Å². The number of sulfonamides is 1. The number of piperazine rings is 1. The van der Waals surface area contributed by atoms with Crippen LogP contribution in [0.15, 0.2) is 58.9 Å². The van der Waals surface area contributed by atoms with Crippen molar-refractivity contribution < 1.29 is 12.8 Å². The van der Waals surface area contributed by atoms with Gasteiger partial charge in [-0.1, -0.05) is 18.2 Å². The van der Waals surface area contributed by atoms with Crippen molar-refractivity contribution in [2.75, 3.05) is 31.1 Å². The van der Waals surface area contributed by atoms with Crippen LogP contribution in [0, 0.1) is 5.82 Å². The number of halogens is 1. The Bertz CT molecular complexity index is 1300. The lowest BCUT2D eigenvalue weighted by molar-refractivity contribution is 0.380. The van der Waals surface area contributed by atoms with Gasteiger partial charge in [-0.2, -0.15) is 13.8 Å². The SMILES string of the molecule is O=S(=O)(c1ccccc1F)N1CCN(c2nc3nccc(-c4cccs4)n3n2)CC1. The van der Waals surface area contributed by atoms with Crippen molar-refractivity contribution in [2.24, 2.45) is 0 Å². The number of fused-ring (bicyclic) bond motifs is 1. The van der Waals surface area contributed by atoms with Crippen LogP contribution in [0.3, 0.4) is 0 Å². The van der Waals surface area contributed by atoms with Crippen LogP contribution in [-0.2, 0) is 10.0 Å². The first-order chi connectivity index (χ1) is 14.5. The molecule has 3 aromatic heterocycles. The molecule has 1 aromatic carbocycles. The molecule has 30 heavy (non-hydrogen) atoms. The van der Waals surface area contributed by atoms with Gasteiger partial charge in [0.2, 0.25) is 16.0 Å². The van der Waals surface area contributed by atoms with E-state index in [1.165, 1.54) is 22.5 Å². The van der Waals surface area contributed by atoms with Crippen LogP contribution in [0.2, 0.25) is 0 Å². The smallest absolute Gasteiger partial charge is 0.254 e. The van der Waals surface area contributed by atoms with Crippen molar-refractivity contribution in [1.29, 1.82) is 0 Å². The molecule has 0 atom stereocenters. The van der Waals surface area contributed by atoms with Crippen molar-refractivity contribution in [1.82, 2.24) is 23.9 Å². The second-order valence-corrected chi connectivity index (χ2v) is 9.61. The highest BCUT2D eigenvalue weighted by atomic mass is 32.2. The first-order valence-corrected chi connectivity index (χ1v) is 11.6. The van der Waals surface area contributed by atoms with Gasteiger partial charge < -0.3 is 4.90 Å². The summed E-state index contributed by atoms with van der Waals surface area (Å²) in [7, 11) is -3.88. The minimum absolute atomic E-state index is 0.220. The van der Waals surface area contributed by atoms with Gasteiger partial charge in [0.25, 0.3) is 5.78 Å². The van der Waals surface area contributed by atoms with E-state index in [4.69, 9.17) is 0 Å². The monoisotopic (exact) mass is 444 g/mol. The summed E-state index contributed by atoms with van der Waals surface area (Å²) in [6.45, 7) is 1.24. The molecule has 11 heteroatoms. The van der Waals surface area contributed by atoms with E-state index in [0.717, 1.165) is 16.6 Å². The van der Waals surface area contributed by atoms with Gasteiger partial charge in [-0.25, -0.2) is 17.8 Å². The molecule has 4 heterocycles. The van der Waals surface area contributed by atoms with E-state index in [1.54, 1.807) is 22.0 Å². The maximum absolute atomic E-state index is 14.0. The van der Waals surface area contributed by atoms with Crippen LogP contribution in [0.1, 0.15) is 0 Å². The van der Waals surface area contributed by atoms with E-state index >= 15 is 0 Å². The Hall–Kier alpha value is -2.89. The summed E-state index contributed by atoms with van der Waals surface area (Å²) in [6.07, 6.45) is 1.70. The van der Waals surface area contributed by atoms with Gasteiger partial charge in [0.05, 0.1) is 10.6 Å². The van der Waals surface area contributed by atoms with E-state index < -0.39 is 15.8 Å². The third kappa shape index (κ3) is 3.24. The number of aromatic nitrogens is 4. The fraction of sp³-hybridized carbons (Fsp3) is 0.211. The normalized spacial score (nSPS) is 15.7. The number of anilines is 1. The highest BCUT2D eigenvalue weighted by molar-refractivity contribution is 7.89. The Morgan fingerprint density at radius 2 is 1.80 bits per heavy atom. The third-order valence-corrected chi connectivity index (χ3v) is 7.80. The quantitative estimate of drug-likeness (QED) is 0.481. The van der Waals surface area contributed by atoms with Crippen LogP contribution in [0.4, 0.5) is 10.3 Å². The molecule has 4 aromatic rings. The molecule has 0 radical (unpaired) electrons. The first kappa shape index (κ1) is 19.1. The largest absolute Gasteiger partial charge is 0.337 e. The summed E-state index contributed by atoms with van der Waals surface area (Å²) >= 11 is 1.60. The molecule has 0 unspecified atom stereocenters. The van der Waals surface area contributed by atoms with Crippen LogP contribution < -0.4 is 4.90 Å². The van der Waals surface area contributed by atoms with Gasteiger partial charge in [0.1, 0.15) is 10.7 Å². The molecule has 1 fully saturated rings. The Labute approximate surface area is 176 Å². The molecule has 0 amide bonds. The highest BCUT2D eigenvalue weighted by Crippen LogP contribution is 2.26. The van der Waals surface area contributed by atoms with E-state index in [1.807, 2.05) is 28.5 Å². The van der Waals surface area contributed by atoms with Crippen molar-refractivity contribution in [3.63, 3.8) is 0 Å². The molecule has 0 N–H and O–H groups in total. The highest BCUT2D eigenvalue weighted by Gasteiger charge is 2.31. The molecular formula is C19H17FN6O2S2. The Morgan fingerprint density at radius 3 is 2.53 bits per heavy atom. The summed E-state index contributed by atoms with van der Waals surface area (Å²) < 4.78 is 42.6. The second-order valence-electron chi connectivity index (χ2n) is 6.75. The number of benzene rings is 1. The number of hydrogen-bond donors (Lipinski definition) is 0. The summed E-state index contributed by atoms with van der Waals surface area (Å²) in [5, 5.41) is 6.59. The number of rotatable bonds is 4. The predicted molar refractivity (Wildman–Crippen MR) is 111 cm³/mol. The zero-order chi connectivity index (χ0) is 20.7. The van der Waals surface area contributed by atoms with E-state index in [0.29, 0.717) is 24.8 Å². The second kappa shape index (κ2) is 7.42. The molecule has 8 nitrogen and oxygen atoms in total. The number of thiophene rings is 1. The molecule has 5 rings (SSSR count). The molecule has 1 aliphatic rings. The lowest BCUT2D eigenvalue weighted by Crippen LogP contribution is -2.49. The van der Waals surface area contributed by atoms with Crippen LogP contribution in [0.5, 0.6) is 0 Å². The van der Waals surface area contributed by atoms with E-state index in [9.17, 15) is 12.8 Å². The average molecular weight is 445 g/mol. The summed E-state index contributed by atoms with van der Waals surface area (Å²) in [5.74, 6) is 0.237. The molecule has 0 saturated carbocycles. The van der Waals surface area contributed by atoms with Crippen molar-refractivity contribution >= 4 is 33.1 Å². The van der Waals surface area contributed by atoms with Crippen molar-refractivity contribution in [3.8, 4) is 10.6 Å². The first-order valence-electron chi connectivity index (χ1n) is 9.29. The third-order valence-electron chi connectivity index (χ3n) is 4.98. The van der Waals surface area contributed by atoms with Crippen LogP contribution >= 0.6 is 11.3 Å². The topological polar surface area (TPSA) is 83.7 Å². The molecule has 0 aliphatic carbocycles. The van der Waals surface area contributed by atoms with Gasteiger partial charge in [-0.3, -0.25) is 0 Å². The summed E-state index contributed by atoms with van der Waals surface area (Å²) in [5.41, 5.74) is 0.898. The molecule has 0 spiro atoms. The lowest BCUT2D eigenvalue weighted by Gasteiger charge is -2.33. The van der Waals surface area contributed by atoms with Crippen LogP contribution in [-0.4, -0.2) is 58.5 Å². The molecule has 1 saturated heterocycles. The zero-order valence-electron chi connectivity index (χ0n) is 15.7. The van der Waals surface area contributed by atoms with E-state index in [2.05, 4.69) is 15.1 Å². The van der Waals surface area contributed by atoms with Crippen molar-refractivity contribution in [2.45, 2.75) is 4.90 Å². The Kier molecular flexibility index (Phi) is 4.72. The summed E-state index contributed by atoms with van der Waals surface area (Å²) in [4.78, 5) is 11.5. The fourth-order valence-electron chi connectivity index (χ4n) is 3.45. The molecule has 154 valence electrons. The Balaban J connectivity index is 1.38. The number of hydrogen-bond acceptors (Lipinski definition) is 7. The average Bonchev–Trinajstić information content (AvgIpc) is 3.44. The van der Waals surface area contributed by atoms with Gasteiger partial charge in [0.15, 0.2) is 0 Å².